The molecule has 2 amide bonds. The third-order valence-corrected chi connectivity index (χ3v) is 5.65. The van der Waals surface area contributed by atoms with E-state index in [0.29, 0.717) is 11.1 Å². The summed E-state index contributed by atoms with van der Waals surface area (Å²) in [6.07, 6.45) is -3.62. The van der Waals surface area contributed by atoms with Gasteiger partial charge < -0.3 is 19.9 Å². The maximum Gasteiger partial charge on any atom is 0.451 e. The van der Waals surface area contributed by atoms with Gasteiger partial charge in [-0.05, 0) is 24.3 Å². The molecule has 1 aliphatic rings. The molecule has 3 aromatic rings. The van der Waals surface area contributed by atoms with E-state index in [1.165, 1.54) is 36.3 Å². The predicted molar refractivity (Wildman–Crippen MR) is 121 cm³/mol. The van der Waals surface area contributed by atoms with Crippen LogP contribution < -0.4 is 15.0 Å². The van der Waals surface area contributed by atoms with E-state index in [2.05, 4.69) is 20.3 Å². The predicted octanol–water partition coefficient (Wildman–Crippen LogP) is 2.66. The zero-order valence-corrected chi connectivity index (χ0v) is 19.2. The Morgan fingerprint density at radius 3 is 2.61 bits per heavy atom. The van der Waals surface area contributed by atoms with Crippen molar-refractivity contribution in [3.8, 4) is 5.75 Å². The van der Waals surface area contributed by atoms with Crippen molar-refractivity contribution in [2.45, 2.75) is 12.6 Å². The van der Waals surface area contributed by atoms with Gasteiger partial charge in [0.25, 0.3) is 5.91 Å². The van der Waals surface area contributed by atoms with Crippen LogP contribution >= 0.6 is 0 Å². The highest BCUT2D eigenvalue weighted by Gasteiger charge is 2.36. The van der Waals surface area contributed by atoms with Gasteiger partial charge in [0, 0.05) is 62.4 Å². The van der Waals surface area contributed by atoms with Crippen LogP contribution in [0.15, 0.2) is 36.5 Å². The van der Waals surface area contributed by atoms with Crippen molar-refractivity contribution in [1.82, 2.24) is 25.2 Å². The summed E-state index contributed by atoms with van der Waals surface area (Å²) in [5, 5.41) is 3.02. The zero-order chi connectivity index (χ0) is 25.9. The van der Waals surface area contributed by atoms with Crippen molar-refractivity contribution < 1.29 is 31.9 Å². The minimum absolute atomic E-state index is 0.0107. The average Bonchev–Trinajstić information content (AvgIpc) is 2.85. The fourth-order valence-electron chi connectivity index (χ4n) is 3.84. The summed E-state index contributed by atoms with van der Waals surface area (Å²) in [6, 6.07) is 6.77. The summed E-state index contributed by atoms with van der Waals surface area (Å²) in [5.74, 6) is -2.61. The van der Waals surface area contributed by atoms with Gasteiger partial charge in [-0.2, -0.15) is 17.6 Å². The van der Waals surface area contributed by atoms with E-state index in [4.69, 9.17) is 4.74 Å². The van der Waals surface area contributed by atoms with E-state index in [-0.39, 0.29) is 61.9 Å². The van der Waals surface area contributed by atoms with Crippen LogP contribution in [-0.2, 0) is 11.0 Å². The largest absolute Gasteiger partial charge is 0.497 e. The smallest absolute Gasteiger partial charge is 0.451 e. The van der Waals surface area contributed by atoms with Crippen LogP contribution in [0.1, 0.15) is 22.6 Å². The Morgan fingerprint density at radius 2 is 1.89 bits per heavy atom. The summed E-state index contributed by atoms with van der Waals surface area (Å²) in [5.41, 5.74) is 0.109. The standard InChI is InChI=1S/C23H22F4N6O3/c1-36-15-2-3-17-16(13-15)20(31-22(30-17)23(25,26)27)32-9-7-29-19(34)5-8-33(11-10-32)21(35)14-4-6-28-18(24)12-14/h2-4,6,12-13H,5,7-11H2,1H3,(H,29,34). The molecule has 0 bridgehead atoms. The van der Waals surface area contributed by atoms with Gasteiger partial charge in [0.1, 0.15) is 11.6 Å². The number of nitrogens with zero attached hydrogens (tertiary/aromatic N) is 5. The first-order valence-corrected chi connectivity index (χ1v) is 11.0. The van der Waals surface area contributed by atoms with Crippen LogP contribution in [0.4, 0.5) is 23.4 Å². The summed E-state index contributed by atoms with van der Waals surface area (Å²) in [6.45, 7) is 0.453. The molecule has 36 heavy (non-hydrogen) atoms. The van der Waals surface area contributed by atoms with Crippen LogP contribution in [0.5, 0.6) is 5.75 Å². The molecule has 1 aromatic carbocycles. The number of methoxy groups -OCH3 is 1. The average molecular weight is 506 g/mol. The highest BCUT2D eigenvalue weighted by molar-refractivity contribution is 5.94. The fourth-order valence-corrected chi connectivity index (χ4v) is 3.84. The third-order valence-electron chi connectivity index (χ3n) is 5.65. The minimum Gasteiger partial charge on any atom is -0.497 e. The molecule has 0 unspecified atom stereocenters. The van der Waals surface area contributed by atoms with Crippen LogP contribution in [0.2, 0.25) is 0 Å². The van der Waals surface area contributed by atoms with Crippen LogP contribution in [0.3, 0.4) is 0 Å². The first-order valence-electron chi connectivity index (χ1n) is 11.0. The molecule has 190 valence electrons. The second kappa shape index (κ2) is 10.3. The SMILES string of the molecule is COc1ccc2nc(C(F)(F)F)nc(N3CCNC(=O)CCN(C(=O)c4ccnc(F)c4)CC3)c2c1. The molecular formula is C23H22F4N6O3. The van der Waals surface area contributed by atoms with E-state index in [0.717, 1.165) is 12.3 Å². The Labute approximate surface area is 203 Å². The highest BCUT2D eigenvalue weighted by atomic mass is 19.4. The molecule has 0 atom stereocenters. The first-order chi connectivity index (χ1) is 17.2. The van der Waals surface area contributed by atoms with Gasteiger partial charge in [-0.15, -0.1) is 0 Å². The number of amides is 2. The second-order valence-corrected chi connectivity index (χ2v) is 8.00. The molecule has 13 heteroatoms. The number of benzene rings is 1. The minimum atomic E-state index is -4.79. The topological polar surface area (TPSA) is 101 Å². The first kappa shape index (κ1) is 25.1. The summed E-state index contributed by atoms with van der Waals surface area (Å²) in [7, 11) is 1.43. The lowest BCUT2D eigenvalue weighted by atomic mass is 10.2. The van der Waals surface area contributed by atoms with Gasteiger partial charge in [0.05, 0.1) is 12.6 Å². The number of ether oxygens (including phenoxy) is 1. The van der Waals surface area contributed by atoms with Gasteiger partial charge in [-0.25, -0.2) is 15.0 Å². The van der Waals surface area contributed by atoms with Gasteiger partial charge >= 0.3 is 6.18 Å². The van der Waals surface area contributed by atoms with Crippen molar-refractivity contribution in [3.63, 3.8) is 0 Å². The lowest BCUT2D eigenvalue weighted by Crippen LogP contribution is -2.45. The summed E-state index contributed by atoms with van der Waals surface area (Å²) in [4.78, 5) is 39.1. The number of hydrogen-bond acceptors (Lipinski definition) is 7. The lowest BCUT2D eigenvalue weighted by Gasteiger charge is -2.31. The number of carbonyl (C=O) groups excluding carboxylic acids is 2. The van der Waals surface area contributed by atoms with Gasteiger partial charge in [0.2, 0.25) is 17.7 Å². The Morgan fingerprint density at radius 1 is 1.08 bits per heavy atom. The molecule has 0 spiro atoms. The molecule has 1 N–H and O–H groups in total. The van der Waals surface area contributed by atoms with Gasteiger partial charge in [-0.1, -0.05) is 0 Å². The Balaban J connectivity index is 1.73. The van der Waals surface area contributed by atoms with Crippen LogP contribution in [0, 0.1) is 5.95 Å². The number of fused-ring (bicyclic) bond motifs is 1. The van der Waals surface area contributed by atoms with Crippen molar-refractivity contribution in [3.05, 3.63) is 53.9 Å². The fraction of sp³-hybridized carbons (Fsp3) is 0.348. The normalized spacial score (nSPS) is 15.5. The van der Waals surface area contributed by atoms with Crippen molar-refractivity contribution in [2.75, 3.05) is 44.7 Å². The molecule has 0 aliphatic carbocycles. The number of pyridine rings is 1. The molecule has 4 rings (SSSR count). The van der Waals surface area contributed by atoms with E-state index in [1.807, 2.05) is 0 Å². The number of anilines is 1. The van der Waals surface area contributed by atoms with Gasteiger partial charge in [-0.3, -0.25) is 9.59 Å². The molecule has 0 radical (unpaired) electrons. The monoisotopic (exact) mass is 506 g/mol. The second-order valence-electron chi connectivity index (χ2n) is 8.00. The van der Waals surface area contributed by atoms with E-state index < -0.39 is 23.9 Å². The third kappa shape index (κ3) is 5.61. The van der Waals surface area contributed by atoms with Crippen LogP contribution in [-0.4, -0.2) is 71.5 Å². The number of halogens is 4. The quantitative estimate of drug-likeness (QED) is 0.431. The maximum atomic E-state index is 13.6. The molecule has 3 heterocycles. The Bertz CT molecular complexity index is 1290. The molecule has 1 fully saturated rings. The Hall–Kier alpha value is -4.03. The summed E-state index contributed by atoms with van der Waals surface area (Å²) < 4.78 is 59.6. The number of aromatic nitrogens is 3. The van der Waals surface area contributed by atoms with Crippen LogP contribution in [0.25, 0.3) is 10.9 Å². The van der Waals surface area contributed by atoms with E-state index in [9.17, 15) is 27.2 Å². The lowest BCUT2D eigenvalue weighted by molar-refractivity contribution is -0.144. The van der Waals surface area contributed by atoms with Crippen molar-refractivity contribution >= 4 is 28.5 Å². The number of alkyl halides is 3. The summed E-state index contributed by atoms with van der Waals surface area (Å²) >= 11 is 0. The molecule has 9 nitrogen and oxygen atoms in total. The zero-order valence-electron chi connectivity index (χ0n) is 19.2. The number of rotatable bonds is 3. The van der Waals surface area contributed by atoms with Gasteiger partial charge in [0.15, 0.2) is 0 Å². The number of nitrogens with one attached hydrogen (secondary N) is 1. The van der Waals surface area contributed by atoms with Crippen molar-refractivity contribution in [2.24, 2.45) is 0 Å². The molecule has 1 aliphatic heterocycles. The molecule has 1 saturated heterocycles. The van der Waals surface area contributed by atoms with E-state index >= 15 is 0 Å². The highest BCUT2D eigenvalue weighted by Crippen LogP contribution is 2.33. The Kier molecular flexibility index (Phi) is 7.17. The molecule has 0 saturated carbocycles. The van der Waals surface area contributed by atoms with E-state index in [1.54, 1.807) is 4.90 Å². The number of hydrogen-bond donors (Lipinski definition) is 1. The molecule has 2 aromatic heterocycles. The molecular weight excluding hydrogens is 484 g/mol. The maximum absolute atomic E-state index is 13.6. The van der Waals surface area contributed by atoms with Crippen molar-refractivity contribution in [1.29, 1.82) is 0 Å². The number of carbonyl (C=O) groups is 2.